The number of benzene rings is 1. The van der Waals surface area contributed by atoms with E-state index in [1.165, 1.54) is 12.1 Å². The molecule has 0 saturated carbocycles. The molecule has 2 rings (SSSR count). The summed E-state index contributed by atoms with van der Waals surface area (Å²) in [5, 5.41) is 22.2. The molecule has 2 aromatic rings. The molecule has 1 aromatic heterocycles. The maximum Gasteiger partial charge on any atom is 0.152 e. The van der Waals surface area contributed by atoms with Crippen molar-refractivity contribution in [2.24, 2.45) is 0 Å². The Hall–Kier alpha value is -1.46. The summed E-state index contributed by atoms with van der Waals surface area (Å²) >= 11 is 9.23. The van der Waals surface area contributed by atoms with Crippen molar-refractivity contribution in [2.75, 3.05) is 5.32 Å². The van der Waals surface area contributed by atoms with Crippen LogP contribution in [-0.2, 0) is 6.54 Å². The number of phenols is 2. The molecule has 94 valence electrons. The standard InChI is InChI=1S/C12H10BrClN2O2/c13-8-3-10(12(14)16-6-8)15-5-7-1-2-9(17)4-11(7)18/h1-4,6,15,17-18H,5H2. The zero-order valence-electron chi connectivity index (χ0n) is 9.19. The molecule has 0 aliphatic carbocycles. The predicted molar refractivity (Wildman–Crippen MR) is 74.0 cm³/mol. The number of nitrogens with one attached hydrogen (secondary N) is 1. The second kappa shape index (κ2) is 5.46. The zero-order chi connectivity index (χ0) is 13.1. The summed E-state index contributed by atoms with van der Waals surface area (Å²) in [7, 11) is 0. The number of phenolic OH excluding ortho intramolecular Hbond substituents is 2. The average molecular weight is 330 g/mol. The van der Waals surface area contributed by atoms with Gasteiger partial charge in [-0.3, -0.25) is 0 Å². The summed E-state index contributed by atoms with van der Waals surface area (Å²) in [4.78, 5) is 3.98. The second-order valence-electron chi connectivity index (χ2n) is 3.66. The summed E-state index contributed by atoms with van der Waals surface area (Å²) < 4.78 is 0.810. The molecule has 0 saturated heterocycles. The van der Waals surface area contributed by atoms with E-state index in [1.807, 2.05) is 0 Å². The topological polar surface area (TPSA) is 65.4 Å². The van der Waals surface area contributed by atoms with Crippen molar-refractivity contribution in [3.63, 3.8) is 0 Å². The van der Waals surface area contributed by atoms with Crippen molar-refractivity contribution in [1.82, 2.24) is 4.98 Å². The van der Waals surface area contributed by atoms with E-state index in [9.17, 15) is 10.2 Å². The molecular weight excluding hydrogens is 320 g/mol. The predicted octanol–water partition coefficient (Wildman–Crippen LogP) is 3.52. The normalized spacial score (nSPS) is 10.3. The van der Waals surface area contributed by atoms with Crippen LogP contribution in [0, 0.1) is 0 Å². The Morgan fingerprint density at radius 1 is 1.28 bits per heavy atom. The number of pyridine rings is 1. The van der Waals surface area contributed by atoms with E-state index in [-0.39, 0.29) is 11.5 Å². The van der Waals surface area contributed by atoms with Gasteiger partial charge in [0.25, 0.3) is 0 Å². The quantitative estimate of drug-likeness (QED) is 0.754. The Morgan fingerprint density at radius 3 is 2.78 bits per heavy atom. The Balaban J connectivity index is 2.13. The van der Waals surface area contributed by atoms with Gasteiger partial charge in [0, 0.05) is 28.8 Å². The van der Waals surface area contributed by atoms with Gasteiger partial charge in [-0.1, -0.05) is 11.6 Å². The molecule has 1 heterocycles. The first kappa shape index (κ1) is 13.0. The lowest BCUT2D eigenvalue weighted by molar-refractivity contribution is 0.446. The molecule has 0 amide bonds. The van der Waals surface area contributed by atoms with Gasteiger partial charge in [0.05, 0.1) is 5.69 Å². The number of aromatic hydroxyl groups is 2. The van der Waals surface area contributed by atoms with Crippen LogP contribution >= 0.6 is 27.5 Å². The molecule has 18 heavy (non-hydrogen) atoms. The number of rotatable bonds is 3. The minimum atomic E-state index is 0.0263. The van der Waals surface area contributed by atoms with E-state index in [2.05, 4.69) is 26.2 Å². The molecule has 0 bridgehead atoms. The fourth-order valence-electron chi connectivity index (χ4n) is 1.44. The van der Waals surface area contributed by atoms with Gasteiger partial charge in [-0.05, 0) is 34.1 Å². The van der Waals surface area contributed by atoms with Gasteiger partial charge in [0.2, 0.25) is 0 Å². The molecule has 6 heteroatoms. The SMILES string of the molecule is Oc1ccc(CNc2cc(Br)cnc2Cl)c(O)c1. The Bertz CT molecular complexity index is 578. The minimum Gasteiger partial charge on any atom is -0.508 e. The number of aromatic nitrogens is 1. The van der Waals surface area contributed by atoms with E-state index < -0.39 is 0 Å². The lowest BCUT2D eigenvalue weighted by Gasteiger charge is -2.09. The number of nitrogens with zero attached hydrogens (tertiary/aromatic N) is 1. The third-order valence-corrected chi connectivity index (χ3v) is 3.08. The maximum absolute atomic E-state index is 9.64. The number of halogens is 2. The summed E-state index contributed by atoms with van der Waals surface area (Å²) in [6.07, 6.45) is 1.60. The van der Waals surface area contributed by atoms with Gasteiger partial charge in [-0.2, -0.15) is 0 Å². The Labute approximate surface area is 117 Å². The largest absolute Gasteiger partial charge is 0.508 e. The van der Waals surface area contributed by atoms with Crippen molar-refractivity contribution < 1.29 is 10.2 Å². The van der Waals surface area contributed by atoms with Crippen LogP contribution in [0.25, 0.3) is 0 Å². The summed E-state index contributed by atoms with van der Waals surface area (Å²) in [5.74, 6) is 0.0555. The first-order valence-corrected chi connectivity index (χ1v) is 6.29. The average Bonchev–Trinajstić information content (AvgIpc) is 2.32. The highest BCUT2D eigenvalue weighted by Gasteiger charge is 2.05. The van der Waals surface area contributed by atoms with Crippen molar-refractivity contribution in [1.29, 1.82) is 0 Å². The molecule has 0 spiro atoms. The fraction of sp³-hybridized carbons (Fsp3) is 0.0833. The van der Waals surface area contributed by atoms with Gasteiger partial charge in [0.1, 0.15) is 11.5 Å². The third kappa shape index (κ3) is 3.05. The number of anilines is 1. The molecule has 0 aliphatic heterocycles. The Morgan fingerprint density at radius 2 is 2.06 bits per heavy atom. The number of hydrogen-bond acceptors (Lipinski definition) is 4. The van der Waals surface area contributed by atoms with Gasteiger partial charge in [-0.15, -0.1) is 0 Å². The van der Waals surface area contributed by atoms with Gasteiger partial charge >= 0.3 is 0 Å². The van der Waals surface area contributed by atoms with Crippen LogP contribution in [0.1, 0.15) is 5.56 Å². The highest BCUT2D eigenvalue weighted by atomic mass is 79.9. The second-order valence-corrected chi connectivity index (χ2v) is 4.93. The van der Waals surface area contributed by atoms with Crippen LogP contribution in [0.3, 0.4) is 0 Å². The van der Waals surface area contributed by atoms with Crippen LogP contribution in [0.2, 0.25) is 5.15 Å². The van der Waals surface area contributed by atoms with Crippen molar-refractivity contribution >= 4 is 33.2 Å². The summed E-state index contributed by atoms with van der Waals surface area (Å²) in [6.45, 7) is 0.379. The van der Waals surface area contributed by atoms with E-state index in [0.717, 1.165) is 4.47 Å². The van der Waals surface area contributed by atoms with Crippen LogP contribution in [0.5, 0.6) is 11.5 Å². The number of hydrogen-bond donors (Lipinski definition) is 3. The summed E-state index contributed by atoms with van der Waals surface area (Å²) in [6, 6.07) is 6.24. The van der Waals surface area contributed by atoms with Crippen LogP contribution in [0.15, 0.2) is 34.9 Å². The molecule has 1 aromatic carbocycles. The molecule has 3 N–H and O–H groups in total. The molecule has 0 fully saturated rings. The fourth-order valence-corrected chi connectivity index (χ4v) is 1.94. The first-order chi connectivity index (χ1) is 8.56. The van der Waals surface area contributed by atoms with Crippen molar-refractivity contribution in [3.05, 3.63) is 45.7 Å². The van der Waals surface area contributed by atoms with Crippen LogP contribution in [0.4, 0.5) is 5.69 Å². The van der Waals surface area contributed by atoms with Crippen LogP contribution in [-0.4, -0.2) is 15.2 Å². The smallest absolute Gasteiger partial charge is 0.152 e. The van der Waals surface area contributed by atoms with Crippen molar-refractivity contribution in [2.45, 2.75) is 6.54 Å². The Kier molecular flexibility index (Phi) is 3.93. The van der Waals surface area contributed by atoms with E-state index in [0.29, 0.717) is 22.9 Å². The van der Waals surface area contributed by atoms with E-state index in [4.69, 9.17) is 11.6 Å². The third-order valence-electron chi connectivity index (χ3n) is 2.34. The maximum atomic E-state index is 9.64. The van der Waals surface area contributed by atoms with Gasteiger partial charge in [0.15, 0.2) is 5.15 Å². The highest BCUT2D eigenvalue weighted by molar-refractivity contribution is 9.10. The molecule has 0 atom stereocenters. The molecule has 0 unspecified atom stereocenters. The first-order valence-electron chi connectivity index (χ1n) is 5.12. The minimum absolute atomic E-state index is 0.0263. The van der Waals surface area contributed by atoms with Gasteiger partial charge in [-0.25, -0.2) is 4.98 Å². The van der Waals surface area contributed by atoms with E-state index in [1.54, 1.807) is 18.3 Å². The molecular formula is C12H10BrClN2O2. The molecule has 0 radical (unpaired) electrons. The highest BCUT2D eigenvalue weighted by Crippen LogP contribution is 2.26. The summed E-state index contributed by atoms with van der Waals surface area (Å²) in [5.41, 5.74) is 1.32. The monoisotopic (exact) mass is 328 g/mol. The van der Waals surface area contributed by atoms with Gasteiger partial charge < -0.3 is 15.5 Å². The molecule has 4 nitrogen and oxygen atoms in total. The van der Waals surface area contributed by atoms with Crippen molar-refractivity contribution in [3.8, 4) is 11.5 Å². The lowest BCUT2D eigenvalue weighted by Crippen LogP contribution is -2.01. The zero-order valence-corrected chi connectivity index (χ0v) is 11.5. The van der Waals surface area contributed by atoms with E-state index >= 15 is 0 Å². The van der Waals surface area contributed by atoms with Crippen LogP contribution < -0.4 is 5.32 Å². The lowest BCUT2D eigenvalue weighted by atomic mass is 10.2. The molecule has 0 aliphatic rings.